The van der Waals surface area contributed by atoms with Gasteiger partial charge in [-0.1, -0.05) is 30.3 Å². The van der Waals surface area contributed by atoms with Gasteiger partial charge >= 0.3 is 0 Å². The van der Waals surface area contributed by atoms with Crippen LogP contribution in [-0.4, -0.2) is 38.5 Å². The molecule has 1 heterocycles. The van der Waals surface area contributed by atoms with Crippen molar-refractivity contribution in [2.45, 2.75) is 6.92 Å². The molecule has 9 heteroatoms. The molecule has 1 aliphatic rings. The summed E-state index contributed by atoms with van der Waals surface area (Å²) in [6.07, 6.45) is 0. The van der Waals surface area contributed by atoms with E-state index in [9.17, 15) is 14.4 Å². The van der Waals surface area contributed by atoms with Crippen molar-refractivity contribution >= 4 is 46.1 Å². The van der Waals surface area contributed by atoms with Crippen LogP contribution < -0.4 is 30.7 Å². The third-order valence-corrected chi connectivity index (χ3v) is 5.72. The Morgan fingerprint density at radius 2 is 1.61 bits per heavy atom. The molecular formula is C27H26N4O5. The van der Waals surface area contributed by atoms with Gasteiger partial charge in [0.05, 0.1) is 31.2 Å². The van der Waals surface area contributed by atoms with Crippen LogP contribution >= 0.6 is 0 Å². The molecule has 0 radical (unpaired) electrons. The zero-order chi connectivity index (χ0) is 25.8. The number of carbonyl (C=O) groups excluding carboxylic acids is 3. The minimum absolute atomic E-state index is 0.219. The second-order valence-electron chi connectivity index (χ2n) is 8.07. The first-order valence-corrected chi connectivity index (χ1v) is 11.1. The molecule has 0 atom stereocenters. The average molecular weight is 487 g/mol. The first-order valence-electron chi connectivity index (χ1n) is 11.1. The third kappa shape index (κ3) is 4.85. The summed E-state index contributed by atoms with van der Waals surface area (Å²) in [5.41, 5.74) is 9.61. The molecule has 184 valence electrons. The average Bonchev–Trinajstić information content (AvgIpc) is 3.19. The van der Waals surface area contributed by atoms with Gasteiger partial charge in [-0.25, -0.2) is 0 Å². The number of fused-ring (bicyclic) bond motifs is 1. The van der Waals surface area contributed by atoms with Gasteiger partial charge in [0.1, 0.15) is 6.54 Å². The summed E-state index contributed by atoms with van der Waals surface area (Å²) in [6.45, 7) is 1.15. The van der Waals surface area contributed by atoms with Crippen molar-refractivity contribution in [1.82, 2.24) is 0 Å². The lowest BCUT2D eigenvalue weighted by Crippen LogP contribution is -2.37. The maximum atomic E-state index is 13.2. The van der Waals surface area contributed by atoms with Crippen molar-refractivity contribution < 1.29 is 23.9 Å². The Morgan fingerprint density at radius 1 is 0.972 bits per heavy atom. The highest BCUT2D eigenvalue weighted by Crippen LogP contribution is 2.43. The highest BCUT2D eigenvalue weighted by atomic mass is 16.5. The van der Waals surface area contributed by atoms with Crippen molar-refractivity contribution in [1.29, 1.82) is 0 Å². The smallest absolute Gasteiger partial charge is 0.258 e. The number of methoxy groups -OCH3 is 2. The number of nitrogens with zero attached hydrogens (tertiary/aromatic N) is 1. The van der Waals surface area contributed by atoms with Crippen LogP contribution in [0.4, 0.5) is 17.1 Å². The van der Waals surface area contributed by atoms with Crippen molar-refractivity contribution in [3.63, 3.8) is 0 Å². The molecule has 4 N–H and O–H groups in total. The molecule has 0 saturated heterocycles. The molecule has 0 unspecified atom stereocenters. The normalized spacial score (nSPS) is 13.4. The molecule has 3 aromatic carbocycles. The lowest BCUT2D eigenvalue weighted by molar-refractivity contribution is -0.121. The summed E-state index contributed by atoms with van der Waals surface area (Å²) in [5.74, 6) is -0.173. The minimum Gasteiger partial charge on any atom is -0.493 e. The summed E-state index contributed by atoms with van der Waals surface area (Å²) in [7, 11) is 3.08. The maximum absolute atomic E-state index is 13.2. The Kier molecular flexibility index (Phi) is 6.91. The van der Waals surface area contributed by atoms with Gasteiger partial charge in [0.2, 0.25) is 11.8 Å². The SMILES string of the molecule is COc1cc2c(cc1OC)/C(=C(/Nc1ccc(N(CC(N)=O)C(C)=O)cc1)c1ccccc1)C(=O)N2. The number of carbonyl (C=O) groups is 3. The number of nitrogens with one attached hydrogen (secondary N) is 2. The fourth-order valence-electron chi connectivity index (χ4n) is 4.04. The highest BCUT2D eigenvalue weighted by molar-refractivity contribution is 6.37. The number of hydrogen-bond acceptors (Lipinski definition) is 6. The number of benzene rings is 3. The first-order chi connectivity index (χ1) is 17.3. The maximum Gasteiger partial charge on any atom is 0.258 e. The van der Waals surface area contributed by atoms with E-state index >= 15 is 0 Å². The molecule has 9 nitrogen and oxygen atoms in total. The number of amides is 3. The Hall–Kier alpha value is -4.79. The zero-order valence-corrected chi connectivity index (χ0v) is 20.1. The van der Waals surface area contributed by atoms with Gasteiger partial charge in [0.15, 0.2) is 11.5 Å². The Balaban J connectivity index is 1.79. The van der Waals surface area contributed by atoms with Crippen molar-refractivity contribution in [2.75, 3.05) is 36.3 Å². The van der Waals surface area contributed by atoms with E-state index in [1.54, 1.807) is 36.4 Å². The van der Waals surface area contributed by atoms with Crippen LogP contribution in [0.3, 0.4) is 0 Å². The van der Waals surface area contributed by atoms with E-state index < -0.39 is 5.91 Å². The van der Waals surface area contributed by atoms with Crippen LogP contribution in [0.1, 0.15) is 18.1 Å². The highest BCUT2D eigenvalue weighted by Gasteiger charge is 2.30. The number of hydrogen-bond donors (Lipinski definition) is 3. The molecule has 0 saturated carbocycles. The van der Waals surface area contributed by atoms with Crippen LogP contribution in [0.25, 0.3) is 11.3 Å². The zero-order valence-electron chi connectivity index (χ0n) is 20.1. The molecule has 3 aromatic rings. The molecule has 0 fully saturated rings. The van der Waals surface area contributed by atoms with Crippen molar-refractivity contribution in [3.8, 4) is 11.5 Å². The van der Waals surface area contributed by atoms with Gasteiger partial charge in [-0.3, -0.25) is 14.4 Å². The van der Waals surface area contributed by atoms with Gasteiger partial charge in [-0.2, -0.15) is 0 Å². The quantitative estimate of drug-likeness (QED) is 0.419. The first kappa shape index (κ1) is 24.3. The molecule has 0 bridgehead atoms. The number of nitrogens with two attached hydrogens (primary N) is 1. The third-order valence-electron chi connectivity index (χ3n) is 5.72. The lowest BCUT2D eigenvalue weighted by Gasteiger charge is -2.20. The number of ether oxygens (including phenoxy) is 2. The summed E-state index contributed by atoms with van der Waals surface area (Å²) in [4.78, 5) is 37.8. The van der Waals surface area contributed by atoms with E-state index in [0.717, 1.165) is 5.56 Å². The van der Waals surface area contributed by atoms with Crippen molar-refractivity contribution in [3.05, 3.63) is 77.9 Å². The van der Waals surface area contributed by atoms with Crippen LogP contribution in [-0.2, 0) is 14.4 Å². The fraction of sp³-hybridized carbons (Fsp3) is 0.148. The van der Waals surface area contributed by atoms with Crippen LogP contribution in [0.2, 0.25) is 0 Å². The predicted octanol–water partition coefficient (Wildman–Crippen LogP) is 3.47. The summed E-state index contributed by atoms with van der Waals surface area (Å²) >= 11 is 0. The van der Waals surface area contributed by atoms with Crippen LogP contribution in [0, 0.1) is 0 Å². The van der Waals surface area contributed by atoms with E-state index in [2.05, 4.69) is 10.6 Å². The molecule has 36 heavy (non-hydrogen) atoms. The van der Waals surface area contributed by atoms with Gasteiger partial charge in [0, 0.05) is 29.9 Å². The van der Waals surface area contributed by atoms with Gasteiger partial charge in [-0.05, 0) is 35.9 Å². The Morgan fingerprint density at radius 3 is 2.19 bits per heavy atom. The second-order valence-corrected chi connectivity index (χ2v) is 8.07. The second kappa shape index (κ2) is 10.2. The number of anilines is 3. The molecular weight excluding hydrogens is 460 g/mol. The topological polar surface area (TPSA) is 123 Å². The molecule has 3 amide bonds. The predicted molar refractivity (Wildman–Crippen MR) is 139 cm³/mol. The fourth-order valence-corrected chi connectivity index (χ4v) is 4.04. The van der Waals surface area contributed by atoms with E-state index in [4.69, 9.17) is 15.2 Å². The Labute approximate surface area is 208 Å². The minimum atomic E-state index is -0.610. The van der Waals surface area contributed by atoms with E-state index in [1.807, 2.05) is 30.3 Å². The monoisotopic (exact) mass is 486 g/mol. The van der Waals surface area contributed by atoms with Crippen LogP contribution in [0.15, 0.2) is 66.7 Å². The number of rotatable bonds is 8. The molecule has 4 rings (SSSR count). The summed E-state index contributed by atoms with van der Waals surface area (Å²) < 4.78 is 10.8. The van der Waals surface area contributed by atoms with Gasteiger partial charge < -0.3 is 30.7 Å². The van der Waals surface area contributed by atoms with Crippen molar-refractivity contribution in [2.24, 2.45) is 5.73 Å². The van der Waals surface area contributed by atoms with Crippen LogP contribution in [0.5, 0.6) is 11.5 Å². The van der Waals surface area contributed by atoms with E-state index in [-0.39, 0.29) is 18.4 Å². The van der Waals surface area contributed by atoms with Gasteiger partial charge in [-0.15, -0.1) is 0 Å². The molecule has 0 aromatic heterocycles. The van der Waals surface area contributed by atoms with E-state index in [0.29, 0.717) is 45.4 Å². The molecule has 0 spiro atoms. The number of primary amides is 1. The largest absolute Gasteiger partial charge is 0.493 e. The van der Waals surface area contributed by atoms with E-state index in [1.165, 1.54) is 26.0 Å². The van der Waals surface area contributed by atoms with Gasteiger partial charge in [0.25, 0.3) is 5.91 Å². The standard InChI is InChI=1S/C27H26N4O5/c1-16(32)31(15-24(28)33)19-11-9-18(10-12-19)29-26(17-7-5-4-6-8-17)25-20-13-22(35-2)23(36-3)14-21(20)30-27(25)34/h4-14,29H,15H2,1-3H3,(H2,28,33)(H,30,34)/b26-25-. The summed E-state index contributed by atoms with van der Waals surface area (Å²) in [5, 5.41) is 6.27. The lowest BCUT2D eigenvalue weighted by atomic mass is 9.99. The summed E-state index contributed by atoms with van der Waals surface area (Å²) in [6, 6.07) is 19.9. The molecule has 1 aliphatic heterocycles. The Bertz CT molecular complexity index is 1350. The molecule has 0 aliphatic carbocycles.